The maximum atomic E-state index is 12.1. The second kappa shape index (κ2) is 10.3. The van der Waals surface area contributed by atoms with Gasteiger partial charge in [-0.1, -0.05) is 13.8 Å². The van der Waals surface area contributed by atoms with Crippen molar-refractivity contribution in [3.05, 3.63) is 0 Å². The molecule has 0 aromatic heterocycles. The summed E-state index contributed by atoms with van der Waals surface area (Å²) in [7, 11) is -4.45. The third-order valence-electron chi connectivity index (χ3n) is 3.25. The number of hydroxylamine groups is 2. The van der Waals surface area contributed by atoms with Crippen molar-refractivity contribution in [1.82, 2.24) is 15.7 Å². The molecule has 2 amide bonds. The van der Waals surface area contributed by atoms with Gasteiger partial charge in [0.15, 0.2) is 0 Å². The number of nitrogens with two attached hydrogens (primary N) is 2. The topological polar surface area (TPSA) is 215 Å². The lowest BCUT2D eigenvalue weighted by Gasteiger charge is -2.23. The molecule has 0 fully saturated rings. The smallest absolute Gasteiger partial charge is 0.344 e. The monoisotopic (exact) mass is 382 g/mol. The van der Waals surface area contributed by atoms with E-state index in [-0.39, 0.29) is 25.3 Å². The second-order valence-corrected chi connectivity index (χ2v) is 7.49. The fourth-order valence-corrected chi connectivity index (χ4v) is 2.07. The minimum absolute atomic E-state index is 0.0356. The van der Waals surface area contributed by atoms with Crippen molar-refractivity contribution >= 4 is 25.4 Å². The Morgan fingerprint density at radius 3 is 2.28 bits per heavy atom. The summed E-state index contributed by atoms with van der Waals surface area (Å²) < 4.78 is 10.9. The van der Waals surface area contributed by atoms with Gasteiger partial charge in [-0.15, -0.1) is 0 Å². The molecule has 0 saturated heterocycles. The highest BCUT2D eigenvalue weighted by Gasteiger charge is 2.26. The van der Waals surface area contributed by atoms with Gasteiger partial charge in [-0.2, -0.15) is 0 Å². The van der Waals surface area contributed by atoms with Crippen molar-refractivity contribution in [2.24, 2.45) is 17.4 Å². The van der Waals surface area contributed by atoms with Gasteiger partial charge < -0.3 is 31.9 Å². The van der Waals surface area contributed by atoms with E-state index >= 15 is 0 Å². The summed E-state index contributed by atoms with van der Waals surface area (Å²) in [5, 5.41) is 21.3. The fraction of sp³-hybridized carbons (Fsp3) is 0.750. The van der Waals surface area contributed by atoms with E-state index in [1.165, 1.54) is 0 Å². The number of carbonyl (C=O) groups excluding carboxylic acids is 2. The number of hydrogen-bond donors (Lipinski definition) is 8. The first-order chi connectivity index (χ1) is 11.3. The van der Waals surface area contributed by atoms with E-state index in [0.29, 0.717) is 5.06 Å². The van der Waals surface area contributed by atoms with Crippen LogP contribution < -0.4 is 22.1 Å². The van der Waals surface area contributed by atoms with Crippen LogP contribution in [0.2, 0.25) is 0 Å². The minimum atomic E-state index is -4.45. The average Bonchev–Trinajstić information content (AvgIpc) is 2.49. The van der Waals surface area contributed by atoms with Crippen LogP contribution in [0.1, 0.15) is 26.7 Å². The quantitative estimate of drug-likeness (QED) is 0.0912. The maximum absolute atomic E-state index is 12.1. The van der Waals surface area contributed by atoms with E-state index in [2.05, 4.69) is 10.6 Å². The summed E-state index contributed by atoms with van der Waals surface area (Å²) in [6, 6.07) is -1.96. The van der Waals surface area contributed by atoms with E-state index in [0.717, 1.165) is 0 Å². The summed E-state index contributed by atoms with van der Waals surface area (Å²) in [4.78, 5) is 41.7. The minimum Gasteiger partial charge on any atom is -0.368 e. The molecule has 12 nitrogen and oxygen atoms in total. The number of nitrogens with one attached hydrogen (secondary N) is 3. The SMILES string of the molecule is CC(C)[C@H](N)C(=O)NC(CCCN(O)C(=N)N)C(=O)NCP(=O)(O)O. The van der Waals surface area contributed by atoms with Crippen LogP contribution >= 0.6 is 7.60 Å². The Hall–Kier alpha value is -1.72. The summed E-state index contributed by atoms with van der Waals surface area (Å²) in [5.74, 6) is -2.13. The van der Waals surface area contributed by atoms with Crippen LogP contribution in [0.3, 0.4) is 0 Å². The van der Waals surface area contributed by atoms with Crippen LogP contribution in [-0.4, -0.2) is 62.7 Å². The maximum Gasteiger partial charge on any atom is 0.344 e. The Morgan fingerprint density at radius 2 is 1.84 bits per heavy atom. The van der Waals surface area contributed by atoms with Gasteiger partial charge in [0.05, 0.1) is 6.04 Å². The number of guanidine groups is 1. The molecule has 0 spiro atoms. The first-order valence-electron chi connectivity index (χ1n) is 7.53. The Morgan fingerprint density at radius 1 is 1.28 bits per heavy atom. The Bertz CT molecular complexity index is 524. The van der Waals surface area contributed by atoms with Gasteiger partial charge in [0.25, 0.3) is 0 Å². The molecular formula is C12H27N6O6P. The average molecular weight is 382 g/mol. The van der Waals surface area contributed by atoms with Gasteiger partial charge in [0.1, 0.15) is 12.3 Å². The standard InChI is InChI=1S/C12H27N6O6P/c1-7(2)9(13)11(20)17-8(4-3-5-18(21)12(14)15)10(19)16-6-25(22,23)24/h7-9,21H,3-6,13H2,1-2H3,(H3,14,15)(H,16,19)(H,17,20)(H2,22,23,24)/t8?,9-/m0/s1. The van der Waals surface area contributed by atoms with Crippen LogP contribution in [0.5, 0.6) is 0 Å². The Labute approximate surface area is 145 Å². The molecule has 0 bridgehead atoms. The van der Waals surface area contributed by atoms with E-state index in [4.69, 9.17) is 26.7 Å². The van der Waals surface area contributed by atoms with Gasteiger partial charge in [-0.25, -0.2) is 5.06 Å². The molecule has 1 unspecified atom stereocenters. The lowest BCUT2D eigenvalue weighted by Crippen LogP contribution is -2.53. The first-order valence-corrected chi connectivity index (χ1v) is 9.33. The Kier molecular flexibility index (Phi) is 9.60. The lowest BCUT2D eigenvalue weighted by molar-refractivity contribution is -0.130. The molecule has 0 saturated carbocycles. The van der Waals surface area contributed by atoms with Crippen molar-refractivity contribution in [1.29, 1.82) is 5.41 Å². The zero-order chi connectivity index (χ0) is 19.8. The zero-order valence-electron chi connectivity index (χ0n) is 14.2. The van der Waals surface area contributed by atoms with E-state index < -0.39 is 43.7 Å². The summed E-state index contributed by atoms with van der Waals surface area (Å²) in [6.45, 7) is 3.39. The van der Waals surface area contributed by atoms with Crippen LogP contribution in [0.15, 0.2) is 0 Å². The summed E-state index contributed by atoms with van der Waals surface area (Å²) in [5.41, 5.74) is 10.8. The van der Waals surface area contributed by atoms with Crippen LogP contribution in [-0.2, 0) is 14.2 Å². The normalized spacial score (nSPS) is 13.9. The molecule has 0 aliphatic rings. The third-order valence-corrected chi connectivity index (χ3v) is 3.82. The molecule has 2 atom stereocenters. The van der Waals surface area contributed by atoms with E-state index in [1.54, 1.807) is 13.8 Å². The zero-order valence-corrected chi connectivity index (χ0v) is 15.1. The number of hydrogen-bond acceptors (Lipinski definition) is 6. The van der Waals surface area contributed by atoms with Gasteiger partial charge in [-0.05, 0) is 18.8 Å². The number of carbonyl (C=O) groups is 2. The van der Waals surface area contributed by atoms with E-state index in [9.17, 15) is 19.4 Å². The van der Waals surface area contributed by atoms with Gasteiger partial charge >= 0.3 is 7.60 Å². The highest BCUT2D eigenvalue weighted by atomic mass is 31.2. The molecule has 0 aliphatic carbocycles. The third kappa shape index (κ3) is 9.99. The molecule has 0 radical (unpaired) electrons. The van der Waals surface area contributed by atoms with Crippen molar-refractivity contribution < 1.29 is 29.1 Å². The van der Waals surface area contributed by atoms with Crippen LogP contribution in [0, 0.1) is 11.3 Å². The van der Waals surface area contributed by atoms with Gasteiger partial charge in [0.2, 0.25) is 17.8 Å². The predicted molar refractivity (Wildman–Crippen MR) is 89.4 cm³/mol. The molecule has 0 aromatic rings. The first kappa shape index (κ1) is 23.3. The molecule has 13 heteroatoms. The van der Waals surface area contributed by atoms with Crippen molar-refractivity contribution in [2.45, 2.75) is 38.8 Å². The molecule has 25 heavy (non-hydrogen) atoms. The van der Waals surface area contributed by atoms with Gasteiger partial charge in [0, 0.05) is 6.54 Å². The van der Waals surface area contributed by atoms with Crippen molar-refractivity contribution in [3.8, 4) is 0 Å². The van der Waals surface area contributed by atoms with Crippen molar-refractivity contribution in [2.75, 3.05) is 12.8 Å². The Balaban J connectivity index is 4.85. The number of amides is 2. The largest absolute Gasteiger partial charge is 0.368 e. The lowest BCUT2D eigenvalue weighted by atomic mass is 10.0. The molecule has 0 rings (SSSR count). The number of rotatable bonds is 10. The predicted octanol–water partition coefficient (Wildman–Crippen LogP) is -1.93. The fourth-order valence-electron chi connectivity index (χ4n) is 1.71. The molecule has 0 aromatic carbocycles. The van der Waals surface area contributed by atoms with Gasteiger partial charge in [-0.3, -0.25) is 24.8 Å². The highest BCUT2D eigenvalue weighted by molar-refractivity contribution is 7.51. The highest BCUT2D eigenvalue weighted by Crippen LogP contribution is 2.31. The number of nitrogens with zero attached hydrogens (tertiary/aromatic N) is 1. The van der Waals surface area contributed by atoms with E-state index in [1.807, 2.05) is 0 Å². The molecule has 146 valence electrons. The van der Waals surface area contributed by atoms with Crippen molar-refractivity contribution in [3.63, 3.8) is 0 Å². The van der Waals surface area contributed by atoms with Crippen LogP contribution in [0.25, 0.3) is 0 Å². The van der Waals surface area contributed by atoms with Crippen LogP contribution in [0.4, 0.5) is 0 Å². The molecule has 0 heterocycles. The molecule has 10 N–H and O–H groups in total. The summed E-state index contributed by atoms with van der Waals surface area (Å²) >= 11 is 0. The molecular weight excluding hydrogens is 355 g/mol. The summed E-state index contributed by atoms with van der Waals surface area (Å²) in [6.07, 6.45) is -0.664. The second-order valence-electron chi connectivity index (χ2n) is 5.85. The molecule has 0 aliphatic heterocycles.